The molecule has 0 spiro atoms. The lowest BCUT2D eigenvalue weighted by atomic mass is 10.0. The van der Waals surface area contributed by atoms with Crippen molar-refractivity contribution in [1.29, 1.82) is 0 Å². The van der Waals surface area contributed by atoms with E-state index in [4.69, 9.17) is 4.74 Å². The Morgan fingerprint density at radius 3 is 2.16 bits per heavy atom. The largest absolute Gasteiger partial charge is 0.372 e. The van der Waals surface area contributed by atoms with E-state index in [1.165, 1.54) is 24.3 Å². The molecule has 32 heavy (non-hydrogen) atoms. The van der Waals surface area contributed by atoms with E-state index >= 15 is 0 Å². The first-order valence-corrected chi connectivity index (χ1v) is 9.90. The van der Waals surface area contributed by atoms with Gasteiger partial charge in [0.1, 0.15) is 5.70 Å². The molecule has 0 aromatic heterocycles. The molecule has 2 aliphatic heterocycles. The number of hydrogen-bond acceptors (Lipinski definition) is 6. The Bertz CT molecular complexity index is 1140. The first-order chi connectivity index (χ1) is 15.2. The zero-order chi connectivity index (χ0) is 23.2. The molecule has 2 aromatic carbocycles. The van der Waals surface area contributed by atoms with Gasteiger partial charge < -0.3 is 9.64 Å². The lowest BCUT2D eigenvalue weighted by Crippen LogP contribution is -2.47. The third kappa shape index (κ3) is 3.73. The van der Waals surface area contributed by atoms with E-state index in [1.54, 1.807) is 4.90 Å². The summed E-state index contributed by atoms with van der Waals surface area (Å²) >= 11 is 0. The molecule has 0 aliphatic carbocycles. The molecule has 0 radical (unpaired) electrons. The van der Waals surface area contributed by atoms with Gasteiger partial charge in [-0.05, 0) is 43.7 Å². The lowest BCUT2D eigenvalue weighted by Gasteiger charge is -2.37. The van der Waals surface area contributed by atoms with Crippen LogP contribution in [0.5, 0.6) is 0 Å². The van der Waals surface area contributed by atoms with Crippen LogP contribution in [0, 0.1) is 21.7 Å². The Kier molecular flexibility index (Phi) is 5.47. The topological polar surface area (TPSA) is 93.0 Å². The molecule has 4 rings (SSSR count). The summed E-state index contributed by atoms with van der Waals surface area (Å²) in [5.41, 5.74) is 0.161. The Balaban J connectivity index is 1.83. The predicted octanol–water partition coefficient (Wildman–Crippen LogP) is 3.27. The van der Waals surface area contributed by atoms with Gasteiger partial charge in [-0.15, -0.1) is 0 Å². The third-order valence-corrected chi connectivity index (χ3v) is 5.32. The molecular formula is C22H19F2N3O5. The number of nitro benzene ring substituents is 1. The Labute approximate surface area is 181 Å². The SMILES string of the molecule is CC1CN(C2=C(c3ccc([N+](=O)[O-])cc3)C(=O)N(c3ccc(F)c(F)c3)C2=O)CC(C)O1. The Morgan fingerprint density at radius 1 is 0.969 bits per heavy atom. The van der Waals surface area contributed by atoms with Gasteiger partial charge in [0.25, 0.3) is 17.5 Å². The minimum absolute atomic E-state index is 0.0379. The molecule has 1 saturated heterocycles. The van der Waals surface area contributed by atoms with Gasteiger partial charge in [-0.25, -0.2) is 13.7 Å². The summed E-state index contributed by atoms with van der Waals surface area (Å²) in [7, 11) is 0. The van der Waals surface area contributed by atoms with Crippen molar-refractivity contribution in [3.8, 4) is 0 Å². The third-order valence-electron chi connectivity index (χ3n) is 5.32. The summed E-state index contributed by atoms with van der Waals surface area (Å²) in [6, 6.07) is 8.03. The molecule has 2 aliphatic rings. The number of hydrogen-bond donors (Lipinski definition) is 0. The average molecular weight is 443 g/mol. The molecule has 1 fully saturated rings. The van der Waals surface area contributed by atoms with Gasteiger partial charge in [-0.1, -0.05) is 0 Å². The number of carbonyl (C=O) groups excluding carboxylic acids is 2. The summed E-state index contributed by atoms with van der Waals surface area (Å²) < 4.78 is 33.0. The molecule has 8 nitrogen and oxygen atoms in total. The maximum Gasteiger partial charge on any atom is 0.282 e. The molecule has 10 heteroatoms. The second kappa shape index (κ2) is 8.12. The van der Waals surface area contributed by atoms with Crippen LogP contribution >= 0.6 is 0 Å². The fourth-order valence-electron chi connectivity index (χ4n) is 4.04. The number of nitrogens with zero attached hydrogens (tertiary/aromatic N) is 3. The summed E-state index contributed by atoms with van der Waals surface area (Å²) in [5.74, 6) is -3.71. The van der Waals surface area contributed by atoms with Crippen LogP contribution in [0.1, 0.15) is 19.4 Å². The molecule has 2 atom stereocenters. The maximum absolute atomic E-state index is 13.9. The quantitative estimate of drug-likeness (QED) is 0.409. The van der Waals surface area contributed by atoms with Crippen LogP contribution < -0.4 is 4.90 Å². The number of carbonyl (C=O) groups is 2. The molecule has 166 valence electrons. The van der Waals surface area contributed by atoms with Gasteiger partial charge in [0.15, 0.2) is 11.6 Å². The highest BCUT2D eigenvalue weighted by Gasteiger charge is 2.44. The Hall–Kier alpha value is -3.66. The molecule has 2 unspecified atom stereocenters. The molecular weight excluding hydrogens is 424 g/mol. The molecule has 2 amide bonds. The molecule has 2 heterocycles. The molecule has 0 bridgehead atoms. The number of imide groups is 1. The van der Waals surface area contributed by atoms with Gasteiger partial charge in [0, 0.05) is 31.3 Å². The number of nitro groups is 1. The van der Waals surface area contributed by atoms with E-state index in [9.17, 15) is 28.5 Å². The minimum Gasteiger partial charge on any atom is -0.372 e. The van der Waals surface area contributed by atoms with Crippen LogP contribution in [0.3, 0.4) is 0 Å². The standard InChI is InChI=1S/C22H19F2N3O5/c1-12-10-25(11-13(2)32-12)20-19(14-3-5-15(6-4-14)27(30)31)21(28)26(22(20)29)16-7-8-17(23)18(24)9-16/h3-9,12-13H,10-11H2,1-2H3. The van der Waals surface area contributed by atoms with Crippen LogP contribution in [-0.4, -0.2) is 46.9 Å². The number of halogens is 2. The molecule has 2 aromatic rings. The van der Waals surface area contributed by atoms with E-state index in [0.29, 0.717) is 18.7 Å². The zero-order valence-corrected chi connectivity index (χ0v) is 17.2. The fourth-order valence-corrected chi connectivity index (χ4v) is 4.04. The average Bonchev–Trinajstić information content (AvgIpc) is 2.99. The van der Waals surface area contributed by atoms with Crippen molar-refractivity contribution in [2.24, 2.45) is 0 Å². The highest BCUT2D eigenvalue weighted by atomic mass is 19.2. The van der Waals surface area contributed by atoms with Crippen LogP contribution in [0.4, 0.5) is 20.2 Å². The van der Waals surface area contributed by atoms with Gasteiger partial charge in [-0.3, -0.25) is 19.7 Å². The van der Waals surface area contributed by atoms with Crippen molar-refractivity contribution in [2.75, 3.05) is 18.0 Å². The summed E-state index contributed by atoms with van der Waals surface area (Å²) in [5, 5.41) is 11.0. The number of ether oxygens (including phenoxy) is 1. The fraction of sp³-hybridized carbons (Fsp3) is 0.273. The highest BCUT2D eigenvalue weighted by molar-refractivity contribution is 6.45. The minimum atomic E-state index is -1.19. The number of anilines is 1. The van der Waals surface area contributed by atoms with Gasteiger partial charge in [0.2, 0.25) is 0 Å². The smallest absolute Gasteiger partial charge is 0.282 e. The van der Waals surface area contributed by atoms with E-state index < -0.39 is 28.4 Å². The van der Waals surface area contributed by atoms with Crippen LogP contribution in [0.2, 0.25) is 0 Å². The van der Waals surface area contributed by atoms with Crippen molar-refractivity contribution in [3.05, 3.63) is 75.5 Å². The van der Waals surface area contributed by atoms with E-state index in [0.717, 1.165) is 23.1 Å². The number of non-ortho nitro benzene ring substituents is 1. The highest BCUT2D eigenvalue weighted by Crippen LogP contribution is 2.36. The van der Waals surface area contributed by atoms with Gasteiger partial charge >= 0.3 is 0 Å². The van der Waals surface area contributed by atoms with E-state index in [-0.39, 0.29) is 34.9 Å². The first kappa shape index (κ1) is 21.6. The number of morpholine rings is 1. The van der Waals surface area contributed by atoms with Gasteiger partial charge in [-0.2, -0.15) is 0 Å². The number of amides is 2. The monoisotopic (exact) mass is 443 g/mol. The summed E-state index contributed by atoms with van der Waals surface area (Å²) in [6.45, 7) is 4.34. The lowest BCUT2D eigenvalue weighted by molar-refractivity contribution is -0.384. The van der Waals surface area contributed by atoms with Crippen molar-refractivity contribution in [2.45, 2.75) is 26.1 Å². The van der Waals surface area contributed by atoms with E-state index in [1.807, 2.05) is 13.8 Å². The van der Waals surface area contributed by atoms with E-state index in [2.05, 4.69) is 0 Å². The van der Waals surface area contributed by atoms with Gasteiger partial charge in [0.05, 0.1) is 28.4 Å². The van der Waals surface area contributed by atoms with Crippen LogP contribution in [0.15, 0.2) is 48.2 Å². The second-order valence-electron chi connectivity index (χ2n) is 7.73. The zero-order valence-electron chi connectivity index (χ0n) is 17.2. The van der Waals surface area contributed by atoms with Crippen LogP contribution in [0.25, 0.3) is 5.57 Å². The van der Waals surface area contributed by atoms with Crippen molar-refractivity contribution >= 4 is 28.8 Å². The Morgan fingerprint density at radius 2 is 1.59 bits per heavy atom. The number of benzene rings is 2. The molecule has 0 saturated carbocycles. The predicted molar refractivity (Wildman–Crippen MR) is 110 cm³/mol. The normalized spacial score (nSPS) is 21.5. The van der Waals surface area contributed by atoms with Crippen LogP contribution in [-0.2, 0) is 14.3 Å². The maximum atomic E-state index is 13.9. The van der Waals surface area contributed by atoms with Crippen molar-refractivity contribution in [3.63, 3.8) is 0 Å². The summed E-state index contributed by atoms with van der Waals surface area (Å²) in [4.78, 5) is 39.8. The second-order valence-corrected chi connectivity index (χ2v) is 7.73. The molecule has 0 N–H and O–H groups in total. The number of rotatable bonds is 4. The van der Waals surface area contributed by atoms with Crippen molar-refractivity contribution in [1.82, 2.24) is 4.90 Å². The summed E-state index contributed by atoms with van der Waals surface area (Å²) in [6.07, 6.45) is -0.436. The van der Waals surface area contributed by atoms with Crippen molar-refractivity contribution < 1.29 is 28.0 Å². The first-order valence-electron chi connectivity index (χ1n) is 9.90.